The zero-order chi connectivity index (χ0) is 20.8. The number of nitrogens with zero attached hydrogens (tertiary/aromatic N) is 4. The Morgan fingerprint density at radius 2 is 2.00 bits per heavy atom. The van der Waals surface area contributed by atoms with E-state index in [2.05, 4.69) is 31.2 Å². The van der Waals surface area contributed by atoms with Crippen LogP contribution in [0.1, 0.15) is 35.0 Å². The molecule has 2 fully saturated rings. The van der Waals surface area contributed by atoms with Crippen LogP contribution in [0, 0.1) is 5.41 Å². The first-order chi connectivity index (χ1) is 15.2. The number of fused-ring (bicyclic) bond motifs is 1. The Hall–Kier alpha value is -3.10. The highest BCUT2D eigenvalue weighted by Crippen LogP contribution is 2.53. The van der Waals surface area contributed by atoms with E-state index >= 15 is 0 Å². The van der Waals surface area contributed by atoms with Crippen molar-refractivity contribution in [3.05, 3.63) is 60.0 Å². The maximum Gasteiger partial charge on any atom is 0.268 e. The van der Waals surface area contributed by atoms with Crippen molar-refractivity contribution in [2.45, 2.75) is 25.3 Å². The maximum atomic E-state index is 13.1. The number of thiophene rings is 1. The molecule has 4 aromatic rings. The van der Waals surface area contributed by atoms with Gasteiger partial charge in [-0.15, -0.1) is 11.3 Å². The molecule has 4 heterocycles. The van der Waals surface area contributed by atoms with E-state index in [1.54, 1.807) is 12.4 Å². The van der Waals surface area contributed by atoms with Crippen molar-refractivity contribution in [3.8, 4) is 10.4 Å². The summed E-state index contributed by atoms with van der Waals surface area (Å²) in [5.74, 6) is 0.497. The molecule has 0 bridgehead atoms. The molecule has 6 rings (SSSR count). The zero-order valence-electron chi connectivity index (χ0n) is 16.9. The Labute approximate surface area is 183 Å². The first-order valence-electron chi connectivity index (χ1n) is 10.6. The average Bonchev–Trinajstić information content (AvgIpc) is 3.51. The van der Waals surface area contributed by atoms with E-state index < -0.39 is 0 Å². The molecule has 2 aliphatic rings. The predicted molar refractivity (Wildman–Crippen MR) is 121 cm³/mol. The van der Waals surface area contributed by atoms with Crippen LogP contribution in [0.15, 0.2) is 55.1 Å². The van der Waals surface area contributed by atoms with Gasteiger partial charge in [-0.25, -0.2) is 15.0 Å². The third-order valence-electron chi connectivity index (χ3n) is 6.53. The van der Waals surface area contributed by atoms with Crippen LogP contribution in [-0.2, 0) is 0 Å². The van der Waals surface area contributed by atoms with Gasteiger partial charge >= 0.3 is 0 Å². The molecule has 2 N–H and O–H groups in total. The van der Waals surface area contributed by atoms with Gasteiger partial charge in [0.1, 0.15) is 6.33 Å². The number of carbonyl (C=O) groups is 1. The monoisotopic (exact) mass is 430 g/mol. The fraction of sp³-hybridized carbons (Fsp3) is 0.304. The molecular formula is C23H22N6OS. The van der Waals surface area contributed by atoms with Gasteiger partial charge in [-0.1, -0.05) is 12.1 Å². The molecule has 0 atom stereocenters. The number of benzene rings is 1. The Morgan fingerprint density at radius 3 is 2.81 bits per heavy atom. The summed E-state index contributed by atoms with van der Waals surface area (Å²) in [6.45, 7) is 2.20. The molecule has 0 unspecified atom stereocenters. The summed E-state index contributed by atoms with van der Waals surface area (Å²) in [4.78, 5) is 27.6. The molecule has 1 saturated heterocycles. The van der Waals surface area contributed by atoms with Gasteiger partial charge in [0, 0.05) is 35.4 Å². The van der Waals surface area contributed by atoms with Crippen LogP contribution in [0.2, 0.25) is 0 Å². The Kier molecular flexibility index (Phi) is 4.36. The molecule has 1 aliphatic carbocycles. The second-order valence-electron chi connectivity index (χ2n) is 8.53. The summed E-state index contributed by atoms with van der Waals surface area (Å²) in [5.41, 5.74) is 3.31. The minimum absolute atomic E-state index is 0.138. The van der Waals surface area contributed by atoms with Gasteiger partial charge in [-0.05, 0) is 55.5 Å². The summed E-state index contributed by atoms with van der Waals surface area (Å²) >= 11 is 1.43. The Morgan fingerprint density at radius 1 is 1.16 bits per heavy atom. The number of anilines is 1. The van der Waals surface area contributed by atoms with Crippen molar-refractivity contribution in [1.82, 2.24) is 24.8 Å². The molecule has 1 aliphatic heterocycles. The van der Waals surface area contributed by atoms with Crippen LogP contribution in [-0.4, -0.2) is 38.5 Å². The molecule has 1 aromatic carbocycles. The van der Waals surface area contributed by atoms with Crippen LogP contribution in [0.25, 0.3) is 21.5 Å². The number of para-hydroxylation sites is 2. The van der Waals surface area contributed by atoms with E-state index in [9.17, 15) is 4.79 Å². The summed E-state index contributed by atoms with van der Waals surface area (Å²) < 4.78 is 2.23. The molecule has 1 spiro atoms. The number of hydrogen-bond donors (Lipinski definition) is 2. The van der Waals surface area contributed by atoms with Crippen molar-refractivity contribution in [1.29, 1.82) is 0 Å². The molecular weight excluding hydrogens is 408 g/mol. The molecule has 8 heteroatoms. The lowest BCUT2D eigenvalue weighted by Crippen LogP contribution is -2.40. The van der Waals surface area contributed by atoms with E-state index in [-0.39, 0.29) is 5.91 Å². The third kappa shape index (κ3) is 3.23. The van der Waals surface area contributed by atoms with Gasteiger partial charge in [-0.2, -0.15) is 0 Å². The summed E-state index contributed by atoms with van der Waals surface area (Å²) in [7, 11) is 0. The minimum atomic E-state index is -0.138. The standard InChI is InChI=1S/C23H22N6OS/c30-21(20-6-5-19(31-20)15-11-25-14-26-12-15)28-22-27-17-3-1-2-4-18(17)29(22)16-9-23(10-16)7-8-24-13-23/h1-6,11-12,14,16,24H,7-10,13H2,(H,27,28,30). The van der Waals surface area contributed by atoms with Crippen LogP contribution < -0.4 is 10.6 Å². The minimum Gasteiger partial charge on any atom is -0.316 e. The average molecular weight is 431 g/mol. The summed E-state index contributed by atoms with van der Waals surface area (Å²) in [6, 6.07) is 12.3. The fourth-order valence-electron chi connectivity index (χ4n) is 4.97. The second-order valence-corrected chi connectivity index (χ2v) is 9.61. The van der Waals surface area contributed by atoms with Crippen LogP contribution >= 0.6 is 11.3 Å². The van der Waals surface area contributed by atoms with Gasteiger partial charge in [0.15, 0.2) is 0 Å². The lowest BCUT2D eigenvalue weighted by atomic mass is 9.65. The van der Waals surface area contributed by atoms with Crippen molar-refractivity contribution >= 4 is 34.2 Å². The molecule has 3 aromatic heterocycles. The molecule has 31 heavy (non-hydrogen) atoms. The largest absolute Gasteiger partial charge is 0.316 e. The summed E-state index contributed by atoms with van der Waals surface area (Å²) in [6.07, 6.45) is 8.50. The first kappa shape index (κ1) is 18.7. The summed E-state index contributed by atoms with van der Waals surface area (Å²) in [5, 5.41) is 6.59. The maximum absolute atomic E-state index is 13.1. The van der Waals surface area contributed by atoms with E-state index in [0.717, 1.165) is 47.4 Å². The van der Waals surface area contributed by atoms with Crippen LogP contribution in [0.5, 0.6) is 0 Å². The SMILES string of the molecule is O=C(Nc1nc2ccccc2n1C1CC2(CCNC2)C1)c1ccc(-c2cncnc2)s1. The lowest BCUT2D eigenvalue weighted by molar-refractivity contribution is 0.0874. The van der Waals surface area contributed by atoms with E-state index in [4.69, 9.17) is 4.98 Å². The van der Waals surface area contributed by atoms with Crippen molar-refractivity contribution < 1.29 is 4.79 Å². The lowest BCUT2D eigenvalue weighted by Gasteiger charge is -2.46. The highest BCUT2D eigenvalue weighted by Gasteiger charge is 2.47. The van der Waals surface area contributed by atoms with Gasteiger partial charge in [-0.3, -0.25) is 10.1 Å². The molecule has 7 nitrogen and oxygen atoms in total. The number of rotatable bonds is 4. The molecule has 1 saturated carbocycles. The number of imidazole rings is 1. The Bertz CT molecular complexity index is 1250. The van der Waals surface area contributed by atoms with Crippen molar-refractivity contribution in [3.63, 3.8) is 0 Å². The molecule has 1 amide bonds. The predicted octanol–water partition coefficient (Wildman–Crippen LogP) is 4.12. The van der Waals surface area contributed by atoms with Crippen LogP contribution in [0.3, 0.4) is 0 Å². The smallest absolute Gasteiger partial charge is 0.268 e. The van der Waals surface area contributed by atoms with E-state index in [0.29, 0.717) is 22.3 Å². The normalized spacial score (nSPS) is 22.6. The number of aromatic nitrogens is 4. The number of carbonyl (C=O) groups excluding carboxylic acids is 1. The topological polar surface area (TPSA) is 84.7 Å². The van der Waals surface area contributed by atoms with E-state index in [1.807, 2.05) is 30.3 Å². The zero-order valence-corrected chi connectivity index (χ0v) is 17.7. The Balaban J connectivity index is 1.29. The quantitative estimate of drug-likeness (QED) is 0.509. The van der Waals surface area contributed by atoms with Gasteiger partial charge in [0.2, 0.25) is 5.95 Å². The number of hydrogen-bond acceptors (Lipinski definition) is 6. The fourth-order valence-corrected chi connectivity index (χ4v) is 5.85. The highest BCUT2D eigenvalue weighted by atomic mass is 32.1. The van der Waals surface area contributed by atoms with E-state index in [1.165, 1.54) is 24.1 Å². The third-order valence-corrected chi connectivity index (χ3v) is 7.66. The van der Waals surface area contributed by atoms with Gasteiger partial charge in [0.05, 0.1) is 15.9 Å². The highest BCUT2D eigenvalue weighted by molar-refractivity contribution is 7.17. The second kappa shape index (κ2) is 7.25. The van der Waals surface area contributed by atoms with Gasteiger partial charge < -0.3 is 9.88 Å². The molecule has 156 valence electrons. The van der Waals surface area contributed by atoms with Crippen molar-refractivity contribution in [2.75, 3.05) is 18.4 Å². The molecule has 0 radical (unpaired) electrons. The number of nitrogens with one attached hydrogen (secondary N) is 2. The van der Waals surface area contributed by atoms with Gasteiger partial charge in [0.25, 0.3) is 5.91 Å². The first-order valence-corrected chi connectivity index (χ1v) is 11.4. The van der Waals surface area contributed by atoms with Crippen molar-refractivity contribution in [2.24, 2.45) is 5.41 Å². The van der Waals surface area contributed by atoms with Crippen LogP contribution in [0.4, 0.5) is 5.95 Å². The number of amides is 1.